The van der Waals surface area contributed by atoms with Crippen LogP contribution in [0.5, 0.6) is 0 Å². The van der Waals surface area contributed by atoms with Crippen molar-refractivity contribution in [3.05, 3.63) is 40.2 Å². The van der Waals surface area contributed by atoms with Gasteiger partial charge in [0.05, 0.1) is 11.9 Å². The average Bonchev–Trinajstić information content (AvgIpc) is 3.06. The highest BCUT2D eigenvalue weighted by Crippen LogP contribution is 2.24. The largest absolute Gasteiger partial charge is 0.367 e. The van der Waals surface area contributed by atoms with E-state index >= 15 is 0 Å². The van der Waals surface area contributed by atoms with Gasteiger partial charge in [-0.25, -0.2) is 9.67 Å². The molecule has 4 heterocycles. The van der Waals surface area contributed by atoms with E-state index < -0.39 is 0 Å². The minimum atomic E-state index is -0.0927. The van der Waals surface area contributed by atoms with E-state index in [1.807, 2.05) is 6.92 Å². The standard InChI is InChI=1S/C16H20N8O/c1-11-12(2)20-16-17-10-19-24(16)15(11)23-6-4-22(5-7-23)13-8-14(25)21(3)18-9-13/h8-10H,4-7H2,1-3H3. The normalized spacial score (nSPS) is 15.2. The minimum absolute atomic E-state index is 0.0927. The lowest BCUT2D eigenvalue weighted by atomic mass is 10.2. The Morgan fingerprint density at radius 2 is 1.76 bits per heavy atom. The van der Waals surface area contributed by atoms with Gasteiger partial charge in [0.15, 0.2) is 0 Å². The average molecular weight is 340 g/mol. The van der Waals surface area contributed by atoms with Crippen molar-refractivity contribution in [2.24, 2.45) is 7.05 Å². The van der Waals surface area contributed by atoms with Gasteiger partial charge in [-0.2, -0.15) is 19.7 Å². The van der Waals surface area contributed by atoms with Crippen LogP contribution in [0.2, 0.25) is 0 Å². The molecule has 0 amide bonds. The maximum atomic E-state index is 11.8. The van der Waals surface area contributed by atoms with Gasteiger partial charge in [0, 0.05) is 50.6 Å². The Labute approximate surface area is 144 Å². The van der Waals surface area contributed by atoms with Crippen molar-refractivity contribution in [1.82, 2.24) is 29.4 Å². The third-order valence-corrected chi connectivity index (χ3v) is 4.77. The van der Waals surface area contributed by atoms with Crippen LogP contribution in [-0.4, -0.2) is 55.5 Å². The smallest absolute Gasteiger partial charge is 0.268 e. The van der Waals surface area contributed by atoms with Crippen LogP contribution in [0.15, 0.2) is 23.4 Å². The Morgan fingerprint density at radius 1 is 1.04 bits per heavy atom. The van der Waals surface area contributed by atoms with Crippen LogP contribution in [0.25, 0.3) is 5.78 Å². The topological polar surface area (TPSA) is 84.4 Å². The Balaban J connectivity index is 1.60. The molecule has 0 unspecified atom stereocenters. The minimum Gasteiger partial charge on any atom is -0.367 e. The number of aromatic nitrogens is 6. The molecule has 1 saturated heterocycles. The fourth-order valence-corrected chi connectivity index (χ4v) is 3.20. The van der Waals surface area contributed by atoms with Crippen LogP contribution >= 0.6 is 0 Å². The molecule has 3 aromatic rings. The highest BCUT2D eigenvalue weighted by molar-refractivity contribution is 5.55. The third kappa shape index (κ3) is 2.61. The van der Waals surface area contributed by atoms with Gasteiger partial charge in [0.1, 0.15) is 12.1 Å². The van der Waals surface area contributed by atoms with Crippen molar-refractivity contribution in [2.75, 3.05) is 36.0 Å². The van der Waals surface area contributed by atoms with Crippen molar-refractivity contribution in [3.63, 3.8) is 0 Å². The molecule has 0 radical (unpaired) electrons. The molecule has 9 heteroatoms. The van der Waals surface area contributed by atoms with Gasteiger partial charge >= 0.3 is 0 Å². The maximum absolute atomic E-state index is 11.8. The number of nitrogens with zero attached hydrogens (tertiary/aromatic N) is 8. The molecule has 130 valence electrons. The lowest BCUT2D eigenvalue weighted by molar-refractivity contribution is 0.629. The van der Waals surface area contributed by atoms with E-state index in [-0.39, 0.29) is 5.56 Å². The molecular weight excluding hydrogens is 320 g/mol. The van der Waals surface area contributed by atoms with Crippen LogP contribution in [0.1, 0.15) is 11.3 Å². The van der Waals surface area contributed by atoms with Gasteiger partial charge in [-0.1, -0.05) is 0 Å². The number of fused-ring (bicyclic) bond motifs is 1. The molecule has 4 rings (SSSR count). The van der Waals surface area contributed by atoms with Crippen LogP contribution < -0.4 is 15.4 Å². The molecule has 0 bridgehead atoms. The van der Waals surface area contributed by atoms with E-state index in [9.17, 15) is 4.79 Å². The summed E-state index contributed by atoms with van der Waals surface area (Å²) in [4.78, 5) is 25.0. The second-order valence-electron chi connectivity index (χ2n) is 6.27. The molecule has 0 spiro atoms. The van der Waals surface area contributed by atoms with Gasteiger partial charge < -0.3 is 9.80 Å². The quantitative estimate of drug-likeness (QED) is 0.657. The Bertz CT molecular complexity index is 983. The summed E-state index contributed by atoms with van der Waals surface area (Å²) in [7, 11) is 1.65. The van der Waals surface area contributed by atoms with E-state index in [2.05, 4.69) is 36.9 Å². The van der Waals surface area contributed by atoms with Crippen LogP contribution in [0.3, 0.4) is 0 Å². The van der Waals surface area contributed by atoms with E-state index in [1.54, 1.807) is 23.8 Å². The second kappa shape index (κ2) is 5.83. The fourth-order valence-electron chi connectivity index (χ4n) is 3.20. The van der Waals surface area contributed by atoms with Gasteiger partial charge in [-0.3, -0.25) is 4.79 Å². The first-order chi connectivity index (χ1) is 12.0. The summed E-state index contributed by atoms with van der Waals surface area (Å²) in [5.74, 6) is 1.66. The van der Waals surface area contributed by atoms with E-state index in [0.717, 1.165) is 48.9 Å². The number of hydrogen-bond donors (Lipinski definition) is 0. The molecular formula is C16H20N8O. The number of rotatable bonds is 2. The lowest BCUT2D eigenvalue weighted by Gasteiger charge is -2.37. The van der Waals surface area contributed by atoms with Crippen molar-refractivity contribution < 1.29 is 0 Å². The zero-order valence-electron chi connectivity index (χ0n) is 14.5. The van der Waals surface area contributed by atoms with Crippen molar-refractivity contribution in [1.29, 1.82) is 0 Å². The molecule has 0 saturated carbocycles. The first-order valence-electron chi connectivity index (χ1n) is 8.25. The van der Waals surface area contributed by atoms with Crippen molar-refractivity contribution in [3.8, 4) is 0 Å². The monoisotopic (exact) mass is 340 g/mol. The zero-order chi connectivity index (χ0) is 17.6. The molecule has 1 aliphatic rings. The maximum Gasteiger partial charge on any atom is 0.268 e. The molecule has 0 aliphatic carbocycles. The Hall–Kier alpha value is -2.97. The first-order valence-corrected chi connectivity index (χ1v) is 8.25. The van der Waals surface area contributed by atoms with Gasteiger partial charge in [0.2, 0.25) is 0 Å². The van der Waals surface area contributed by atoms with Gasteiger partial charge in [-0.05, 0) is 13.8 Å². The molecule has 0 N–H and O–H groups in total. The van der Waals surface area contributed by atoms with E-state index in [4.69, 9.17) is 0 Å². The summed E-state index contributed by atoms with van der Waals surface area (Å²) in [5, 5.41) is 8.44. The summed E-state index contributed by atoms with van der Waals surface area (Å²) in [6, 6.07) is 1.64. The Morgan fingerprint density at radius 3 is 2.48 bits per heavy atom. The van der Waals surface area contributed by atoms with Crippen LogP contribution in [0.4, 0.5) is 11.5 Å². The van der Waals surface area contributed by atoms with Gasteiger partial charge in [0.25, 0.3) is 11.3 Å². The predicted octanol–water partition coefficient (Wildman–Crippen LogP) is 0.161. The summed E-state index contributed by atoms with van der Waals surface area (Å²) in [6.07, 6.45) is 3.28. The van der Waals surface area contributed by atoms with Gasteiger partial charge in [-0.15, -0.1) is 0 Å². The number of piperazine rings is 1. The predicted molar refractivity (Wildman–Crippen MR) is 94.2 cm³/mol. The van der Waals surface area contributed by atoms with Crippen LogP contribution in [0, 0.1) is 13.8 Å². The molecule has 0 aromatic carbocycles. The summed E-state index contributed by atoms with van der Waals surface area (Å²) in [6.45, 7) is 7.34. The summed E-state index contributed by atoms with van der Waals surface area (Å²) < 4.78 is 3.14. The second-order valence-corrected chi connectivity index (χ2v) is 6.27. The molecule has 25 heavy (non-hydrogen) atoms. The molecule has 3 aromatic heterocycles. The van der Waals surface area contributed by atoms with E-state index in [1.165, 1.54) is 11.0 Å². The molecule has 0 atom stereocenters. The number of hydrogen-bond acceptors (Lipinski definition) is 7. The fraction of sp³-hybridized carbons (Fsp3) is 0.438. The first kappa shape index (κ1) is 15.6. The highest BCUT2D eigenvalue weighted by atomic mass is 16.1. The molecule has 1 aliphatic heterocycles. The van der Waals surface area contributed by atoms with E-state index in [0.29, 0.717) is 5.78 Å². The number of anilines is 2. The van der Waals surface area contributed by atoms with Crippen molar-refractivity contribution >= 4 is 17.3 Å². The molecule has 1 fully saturated rings. The molecule has 9 nitrogen and oxygen atoms in total. The zero-order valence-corrected chi connectivity index (χ0v) is 14.5. The SMILES string of the molecule is Cc1nc2ncnn2c(N2CCN(c3cnn(C)c(=O)c3)CC2)c1C. The lowest BCUT2D eigenvalue weighted by Crippen LogP contribution is -2.47. The van der Waals surface area contributed by atoms with Crippen LogP contribution in [-0.2, 0) is 7.05 Å². The Kier molecular flexibility index (Phi) is 3.63. The summed E-state index contributed by atoms with van der Waals surface area (Å²) in [5.41, 5.74) is 2.86. The van der Waals surface area contributed by atoms with Crippen molar-refractivity contribution in [2.45, 2.75) is 13.8 Å². The summed E-state index contributed by atoms with van der Waals surface area (Å²) >= 11 is 0. The highest BCUT2D eigenvalue weighted by Gasteiger charge is 2.23. The third-order valence-electron chi connectivity index (χ3n) is 4.77. The number of aryl methyl sites for hydroxylation is 2.